The van der Waals surface area contributed by atoms with Crippen molar-refractivity contribution in [3.63, 3.8) is 0 Å². The van der Waals surface area contributed by atoms with E-state index < -0.39 is 0 Å². The van der Waals surface area contributed by atoms with Crippen LogP contribution in [-0.4, -0.2) is 25.2 Å². The van der Waals surface area contributed by atoms with Crippen LogP contribution < -0.4 is 5.32 Å². The number of nitrogens with zero attached hydrogens (tertiary/aromatic N) is 1. The molecule has 0 unspecified atom stereocenters. The topological polar surface area (TPSA) is 34.1 Å². The zero-order chi connectivity index (χ0) is 13.5. The molecule has 0 saturated carbocycles. The second kappa shape index (κ2) is 7.75. The predicted octanol–water partition coefficient (Wildman–Crippen LogP) is 3.70. The highest BCUT2D eigenvalue weighted by Crippen LogP contribution is 2.26. The zero-order valence-electron chi connectivity index (χ0n) is 10.9. The highest BCUT2D eigenvalue weighted by atomic mass is 79.9. The van der Waals surface area contributed by atoms with Crippen LogP contribution in [0.25, 0.3) is 10.6 Å². The van der Waals surface area contributed by atoms with Crippen LogP contribution in [-0.2, 0) is 11.3 Å². The molecule has 19 heavy (non-hydrogen) atoms. The summed E-state index contributed by atoms with van der Waals surface area (Å²) in [5.74, 6) is 0. The highest BCUT2D eigenvalue weighted by Gasteiger charge is 2.04. The molecule has 0 saturated heterocycles. The summed E-state index contributed by atoms with van der Waals surface area (Å²) in [6, 6.07) is 8.23. The van der Waals surface area contributed by atoms with Crippen molar-refractivity contribution in [3.05, 3.63) is 39.8 Å². The minimum atomic E-state index is 0.799. The van der Waals surface area contributed by atoms with Crippen molar-refractivity contribution in [1.82, 2.24) is 10.3 Å². The Morgan fingerprint density at radius 3 is 3.11 bits per heavy atom. The summed E-state index contributed by atoms with van der Waals surface area (Å²) in [5, 5.41) is 6.54. The Balaban J connectivity index is 1.88. The Hall–Kier alpha value is -0.750. The number of hydrogen-bond donors (Lipinski definition) is 1. The maximum atomic E-state index is 5.01. The Morgan fingerprint density at radius 1 is 1.42 bits per heavy atom. The molecule has 0 radical (unpaired) electrons. The minimum absolute atomic E-state index is 0.799. The summed E-state index contributed by atoms with van der Waals surface area (Å²) in [4.78, 5) is 4.64. The van der Waals surface area contributed by atoms with Crippen LogP contribution in [0, 0.1) is 0 Å². The van der Waals surface area contributed by atoms with E-state index in [1.807, 2.05) is 12.1 Å². The standard InChI is InChI=1S/C14H17BrN2OS/c1-18-7-3-6-16-9-13-10-19-14(17-13)11-4-2-5-12(15)8-11/h2,4-5,8,10,16H,3,6-7,9H2,1H3. The van der Waals surface area contributed by atoms with E-state index in [2.05, 4.69) is 43.7 Å². The smallest absolute Gasteiger partial charge is 0.123 e. The van der Waals surface area contributed by atoms with E-state index in [4.69, 9.17) is 4.74 Å². The van der Waals surface area contributed by atoms with E-state index >= 15 is 0 Å². The number of ether oxygens (including phenoxy) is 1. The van der Waals surface area contributed by atoms with E-state index in [0.29, 0.717) is 0 Å². The van der Waals surface area contributed by atoms with Gasteiger partial charge in [-0.1, -0.05) is 28.1 Å². The Labute approximate surface area is 126 Å². The van der Waals surface area contributed by atoms with E-state index in [9.17, 15) is 0 Å². The summed E-state index contributed by atoms with van der Waals surface area (Å²) < 4.78 is 6.09. The monoisotopic (exact) mass is 340 g/mol. The molecule has 0 aliphatic rings. The number of methoxy groups -OCH3 is 1. The SMILES string of the molecule is COCCCNCc1csc(-c2cccc(Br)c2)n1. The fourth-order valence-corrected chi connectivity index (χ4v) is 2.92. The second-order valence-electron chi connectivity index (χ2n) is 4.18. The molecule has 2 rings (SSSR count). The van der Waals surface area contributed by atoms with E-state index in [0.717, 1.165) is 46.9 Å². The maximum Gasteiger partial charge on any atom is 0.123 e. The van der Waals surface area contributed by atoms with E-state index in [1.165, 1.54) is 0 Å². The average Bonchev–Trinajstić information content (AvgIpc) is 2.87. The molecule has 1 aromatic carbocycles. The van der Waals surface area contributed by atoms with Crippen LogP contribution in [0.5, 0.6) is 0 Å². The zero-order valence-corrected chi connectivity index (χ0v) is 13.3. The van der Waals surface area contributed by atoms with Gasteiger partial charge in [-0.3, -0.25) is 0 Å². The molecule has 1 heterocycles. The normalized spacial score (nSPS) is 10.8. The number of benzene rings is 1. The molecule has 1 aromatic heterocycles. The number of rotatable bonds is 7. The van der Waals surface area contributed by atoms with Gasteiger partial charge >= 0.3 is 0 Å². The van der Waals surface area contributed by atoms with Crippen LogP contribution in [0.4, 0.5) is 0 Å². The molecule has 0 aliphatic carbocycles. The summed E-state index contributed by atoms with van der Waals surface area (Å²) in [7, 11) is 1.73. The third-order valence-corrected chi connectivity index (χ3v) is 4.06. The van der Waals surface area contributed by atoms with Crippen molar-refractivity contribution < 1.29 is 4.74 Å². The Kier molecular flexibility index (Phi) is 5.97. The molecular weight excluding hydrogens is 324 g/mol. The summed E-state index contributed by atoms with van der Waals surface area (Å²) in [6.45, 7) is 2.57. The first-order valence-electron chi connectivity index (χ1n) is 6.19. The molecule has 0 aliphatic heterocycles. The van der Waals surface area contributed by atoms with Crippen molar-refractivity contribution in [2.24, 2.45) is 0 Å². The lowest BCUT2D eigenvalue weighted by Crippen LogP contribution is -2.16. The fourth-order valence-electron chi connectivity index (χ4n) is 1.70. The van der Waals surface area contributed by atoms with Crippen molar-refractivity contribution in [2.45, 2.75) is 13.0 Å². The van der Waals surface area contributed by atoms with Gasteiger partial charge < -0.3 is 10.1 Å². The first kappa shape index (κ1) is 14.7. The van der Waals surface area contributed by atoms with Gasteiger partial charge in [0, 0.05) is 35.7 Å². The second-order valence-corrected chi connectivity index (χ2v) is 5.95. The van der Waals surface area contributed by atoms with E-state index in [1.54, 1.807) is 18.4 Å². The van der Waals surface area contributed by atoms with Gasteiger partial charge in [0.2, 0.25) is 0 Å². The molecule has 0 spiro atoms. The number of thiazole rings is 1. The third-order valence-electron chi connectivity index (χ3n) is 2.63. The molecule has 5 heteroatoms. The minimum Gasteiger partial charge on any atom is -0.385 e. The molecule has 0 bridgehead atoms. The molecule has 3 nitrogen and oxygen atoms in total. The van der Waals surface area contributed by atoms with Crippen LogP contribution in [0.1, 0.15) is 12.1 Å². The van der Waals surface area contributed by atoms with Gasteiger partial charge in [-0.2, -0.15) is 0 Å². The summed E-state index contributed by atoms with van der Waals surface area (Å²) >= 11 is 5.17. The molecule has 1 N–H and O–H groups in total. The highest BCUT2D eigenvalue weighted by molar-refractivity contribution is 9.10. The fraction of sp³-hybridized carbons (Fsp3) is 0.357. The third kappa shape index (κ3) is 4.69. The lowest BCUT2D eigenvalue weighted by molar-refractivity contribution is 0.194. The quantitative estimate of drug-likeness (QED) is 0.780. The largest absolute Gasteiger partial charge is 0.385 e. The van der Waals surface area contributed by atoms with Crippen LogP contribution in [0.3, 0.4) is 0 Å². The molecular formula is C14H17BrN2OS. The molecule has 0 fully saturated rings. The molecule has 102 valence electrons. The predicted molar refractivity (Wildman–Crippen MR) is 83.4 cm³/mol. The first-order chi connectivity index (χ1) is 9.29. The van der Waals surface area contributed by atoms with E-state index in [-0.39, 0.29) is 0 Å². The molecule has 2 aromatic rings. The Bertz CT molecular complexity index is 516. The van der Waals surface area contributed by atoms with Crippen LogP contribution in [0.15, 0.2) is 34.1 Å². The number of hydrogen-bond acceptors (Lipinski definition) is 4. The van der Waals surface area contributed by atoms with Crippen molar-refractivity contribution in [3.8, 4) is 10.6 Å². The van der Waals surface area contributed by atoms with Gasteiger partial charge in [0.1, 0.15) is 5.01 Å². The van der Waals surface area contributed by atoms with Gasteiger partial charge in [0.05, 0.1) is 5.69 Å². The van der Waals surface area contributed by atoms with Crippen molar-refractivity contribution >= 4 is 27.3 Å². The van der Waals surface area contributed by atoms with Crippen molar-refractivity contribution in [1.29, 1.82) is 0 Å². The van der Waals surface area contributed by atoms with Gasteiger partial charge in [-0.05, 0) is 25.1 Å². The number of nitrogens with one attached hydrogen (secondary N) is 1. The number of aromatic nitrogens is 1. The van der Waals surface area contributed by atoms with Crippen LogP contribution in [0.2, 0.25) is 0 Å². The Morgan fingerprint density at radius 2 is 2.32 bits per heavy atom. The lowest BCUT2D eigenvalue weighted by atomic mass is 10.2. The van der Waals surface area contributed by atoms with Crippen molar-refractivity contribution in [2.75, 3.05) is 20.3 Å². The van der Waals surface area contributed by atoms with Gasteiger partial charge in [-0.15, -0.1) is 11.3 Å². The lowest BCUT2D eigenvalue weighted by Gasteiger charge is -2.01. The maximum absolute atomic E-state index is 5.01. The van der Waals surface area contributed by atoms with Gasteiger partial charge in [0.25, 0.3) is 0 Å². The first-order valence-corrected chi connectivity index (χ1v) is 7.87. The molecule has 0 amide bonds. The van der Waals surface area contributed by atoms with Crippen LogP contribution >= 0.6 is 27.3 Å². The van der Waals surface area contributed by atoms with Gasteiger partial charge in [-0.25, -0.2) is 4.98 Å². The molecule has 0 atom stereocenters. The van der Waals surface area contributed by atoms with Gasteiger partial charge in [0.15, 0.2) is 0 Å². The summed E-state index contributed by atoms with van der Waals surface area (Å²) in [5.41, 5.74) is 2.25. The average molecular weight is 341 g/mol. The summed E-state index contributed by atoms with van der Waals surface area (Å²) in [6.07, 6.45) is 1.03. The number of halogens is 1.